The topological polar surface area (TPSA) is 111 Å². The Kier molecular flexibility index (Phi) is 62.2. The van der Waals surface area contributed by atoms with Gasteiger partial charge < -0.3 is 33.3 Å². The number of hydrogen-bond acceptors (Lipinski definition) is 8. The molecular formula is C75H131NO8. The molecule has 0 saturated heterocycles. The molecule has 9 nitrogen and oxygen atoms in total. The van der Waals surface area contributed by atoms with Gasteiger partial charge in [0, 0.05) is 12.8 Å². The molecule has 0 N–H and O–H groups in total. The number of allylic oxidation sites excluding steroid dienone is 16. The van der Waals surface area contributed by atoms with Crippen molar-refractivity contribution in [1.29, 1.82) is 0 Å². The molecule has 484 valence electrons. The smallest absolute Gasteiger partial charge is 0.306 e. The molecule has 0 aromatic carbocycles. The Labute approximate surface area is 518 Å². The van der Waals surface area contributed by atoms with E-state index in [1.165, 1.54) is 173 Å². The van der Waals surface area contributed by atoms with Crippen molar-refractivity contribution in [2.75, 3.05) is 47.5 Å². The normalized spacial score (nSPS) is 13.3. The van der Waals surface area contributed by atoms with Gasteiger partial charge >= 0.3 is 11.9 Å². The largest absolute Gasteiger partial charge is 0.545 e. The number of unbranched alkanes of at least 4 members (excludes halogenated alkanes) is 33. The molecule has 0 saturated carbocycles. The summed E-state index contributed by atoms with van der Waals surface area (Å²) in [6.07, 6.45) is 86.2. The number of esters is 2. The minimum atomic E-state index is -1.63. The highest BCUT2D eigenvalue weighted by molar-refractivity contribution is 5.70. The Bertz CT molecular complexity index is 1700. The van der Waals surface area contributed by atoms with Gasteiger partial charge in [0.05, 0.1) is 40.3 Å². The molecular weight excluding hydrogens is 1040 g/mol. The second-order valence-corrected chi connectivity index (χ2v) is 24.4. The van der Waals surface area contributed by atoms with Crippen LogP contribution in [0, 0.1) is 0 Å². The SMILES string of the molecule is CC/C=C\C/C=C\C/C=C\C/C=C\C/C=C\C/C=C\C/C=C\C/C=C\CCCCCCCCCCCCC(=O)OC(COC(=O)CCCCCCCCCCCCCCCCCCCCCCCCCC)COC(OCC[N+](C)(C)C)C(=O)[O-]. The molecule has 0 rings (SSSR count). The third kappa shape index (κ3) is 65.7. The van der Waals surface area contributed by atoms with Crippen LogP contribution in [0.15, 0.2) is 97.2 Å². The summed E-state index contributed by atoms with van der Waals surface area (Å²) >= 11 is 0. The minimum Gasteiger partial charge on any atom is -0.545 e. The fraction of sp³-hybridized carbons (Fsp3) is 0.747. The van der Waals surface area contributed by atoms with Crippen molar-refractivity contribution < 1.29 is 42.9 Å². The van der Waals surface area contributed by atoms with E-state index in [4.69, 9.17) is 18.9 Å². The van der Waals surface area contributed by atoms with Gasteiger partial charge in [0.25, 0.3) is 0 Å². The Morgan fingerprint density at radius 3 is 1.01 bits per heavy atom. The second-order valence-electron chi connectivity index (χ2n) is 24.4. The summed E-state index contributed by atoms with van der Waals surface area (Å²) < 4.78 is 22.8. The van der Waals surface area contributed by atoms with Crippen molar-refractivity contribution in [1.82, 2.24) is 0 Å². The number of rotatable bonds is 64. The summed E-state index contributed by atoms with van der Waals surface area (Å²) in [4.78, 5) is 37.5. The van der Waals surface area contributed by atoms with Crippen LogP contribution in [0.4, 0.5) is 0 Å². The van der Waals surface area contributed by atoms with Gasteiger partial charge in [-0.15, -0.1) is 0 Å². The number of quaternary nitrogens is 1. The van der Waals surface area contributed by atoms with Gasteiger partial charge in [0.1, 0.15) is 13.2 Å². The van der Waals surface area contributed by atoms with E-state index in [9.17, 15) is 19.5 Å². The first kappa shape index (κ1) is 80.2. The lowest BCUT2D eigenvalue weighted by Gasteiger charge is -2.26. The van der Waals surface area contributed by atoms with Crippen LogP contribution >= 0.6 is 0 Å². The second kappa shape index (κ2) is 65.2. The number of carboxylic acid groups (broad SMARTS) is 1. The zero-order valence-electron chi connectivity index (χ0n) is 55.3. The third-order valence-corrected chi connectivity index (χ3v) is 15.1. The molecule has 0 spiro atoms. The molecule has 2 atom stereocenters. The highest BCUT2D eigenvalue weighted by Crippen LogP contribution is 2.18. The van der Waals surface area contributed by atoms with Gasteiger partial charge in [-0.2, -0.15) is 0 Å². The molecule has 0 amide bonds. The van der Waals surface area contributed by atoms with Crippen LogP contribution in [0.5, 0.6) is 0 Å². The highest BCUT2D eigenvalue weighted by Gasteiger charge is 2.22. The maximum absolute atomic E-state index is 12.9. The zero-order valence-corrected chi connectivity index (χ0v) is 55.3. The predicted molar refractivity (Wildman–Crippen MR) is 357 cm³/mol. The summed E-state index contributed by atoms with van der Waals surface area (Å²) in [5.74, 6) is -2.28. The van der Waals surface area contributed by atoms with Gasteiger partial charge in [-0.3, -0.25) is 9.59 Å². The van der Waals surface area contributed by atoms with Gasteiger partial charge in [0.15, 0.2) is 12.4 Å². The molecule has 0 aromatic heterocycles. The Morgan fingerprint density at radius 2 is 0.679 bits per heavy atom. The number of carboxylic acids is 1. The molecule has 2 unspecified atom stereocenters. The van der Waals surface area contributed by atoms with Gasteiger partial charge in [-0.1, -0.05) is 310 Å². The number of aliphatic carboxylic acids is 1. The number of hydrogen-bond donors (Lipinski definition) is 0. The van der Waals surface area contributed by atoms with E-state index < -0.39 is 24.3 Å². The average Bonchev–Trinajstić information content (AvgIpc) is 3.55. The Balaban J connectivity index is 4.14. The summed E-state index contributed by atoms with van der Waals surface area (Å²) in [7, 11) is 5.93. The summed E-state index contributed by atoms with van der Waals surface area (Å²) in [6, 6.07) is 0. The molecule has 0 aliphatic rings. The maximum Gasteiger partial charge on any atom is 0.306 e. The molecule has 84 heavy (non-hydrogen) atoms. The van der Waals surface area contributed by atoms with Crippen molar-refractivity contribution in [2.24, 2.45) is 0 Å². The van der Waals surface area contributed by atoms with Crippen molar-refractivity contribution >= 4 is 17.9 Å². The van der Waals surface area contributed by atoms with E-state index >= 15 is 0 Å². The first-order chi connectivity index (χ1) is 41.1. The average molecular weight is 1170 g/mol. The van der Waals surface area contributed by atoms with Crippen LogP contribution in [-0.2, 0) is 33.3 Å². The molecule has 0 bridgehead atoms. The quantitative estimate of drug-likeness (QED) is 0.0195. The van der Waals surface area contributed by atoms with E-state index in [-0.39, 0.29) is 32.2 Å². The summed E-state index contributed by atoms with van der Waals surface area (Å²) in [6.45, 7) is 4.67. The number of carbonyl (C=O) groups is 3. The van der Waals surface area contributed by atoms with Gasteiger partial charge in [0.2, 0.25) is 0 Å². The first-order valence-corrected chi connectivity index (χ1v) is 34.9. The third-order valence-electron chi connectivity index (χ3n) is 15.1. The lowest BCUT2D eigenvalue weighted by molar-refractivity contribution is -0.870. The molecule has 0 aliphatic heterocycles. The van der Waals surface area contributed by atoms with Crippen molar-refractivity contribution in [3.8, 4) is 0 Å². The highest BCUT2D eigenvalue weighted by atomic mass is 16.7. The molecule has 0 radical (unpaired) electrons. The van der Waals surface area contributed by atoms with Gasteiger partial charge in [-0.25, -0.2) is 0 Å². The fourth-order valence-corrected chi connectivity index (χ4v) is 9.79. The van der Waals surface area contributed by atoms with Crippen LogP contribution in [-0.4, -0.2) is 82.3 Å². The van der Waals surface area contributed by atoms with Crippen LogP contribution in [0.1, 0.15) is 303 Å². The molecule has 0 aliphatic carbocycles. The predicted octanol–water partition coefficient (Wildman–Crippen LogP) is 20.3. The maximum atomic E-state index is 12.9. The molecule has 0 fully saturated rings. The lowest BCUT2D eigenvalue weighted by atomic mass is 10.0. The Hall–Kier alpha value is -3.79. The summed E-state index contributed by atoms with van der Waals surface area (Å²) in [5.41, 5.74) is 0. The van der Waals surface area contributed by atoms with E-state index in [1.54, 1.807) is 0 Å². The van der Waals surface area contributed by atoms with Crippen LogP contribution in [0.25, 0.3) is 0 Å². The van der Waals surface area contributed by atoms with Crippen molar-refractivity contribution in [2.45, 2.75) is 315 Å². The fourth-order valence-electron chi connectivity index (χ4n) is 9.79. The van der Waals surface area contributed by atoms with Crippen LogP contribution < -0.4 is 5.11 Å². The standard InChI is InChI=1S/C75H131NO8/c1-6-8-10-12-14-16-18-20-22-24-26-28-30-32-33-34-35-36-37-38-39-40-41-42-44-46-48-50-52-54-56-58-60-62-64-66-73(78)84-71(70-83-75(74(79)80)81-68-67-76(3,4)5)69-82-72(77)65-63-61-59-57-55-53-51-49-47-45-43-31-29-27-25-23-21-19-17-15-13-11-9-7-2/h8,10,14,16,20,22,26,28,32-33,35-36,38-39,41-42,71,75H,6-7,9,11-13,15,17-19,21,23-25,27,29-31,34,37,40,43-70H2,1-5H3/b10-8-,16-14-,22-20-,28-26-,33-32-,36-35-,39-38-,42-41-. The zero-order chi connectivity index (χ0) is 61.2. The van der Waals surface area contributed by atoms with E-state index in [0.29, 0.717) is 23.9 Å². The molecule has 0 heterocycles. The number of nitrogens with zero attached hydrogens (tertiary/aromatic N) is 1. The van der Waals surface area contributed by atoms with E-state index in [1.807, 2.05) is 21.1 Å². The molecule has 0 aromatic rings. The van der Waals surface area contributed by atoms with E-state index in [2.05, 4.69) is 111 Å². The van der Waals surface area contributed by atoms with Crippen LogP contribution in [0.3, 0.4) is 0 Å². The monoisotopic (exact) mass is 1170 g/mol. The minimum absolute atomic E-state index is 0.145. The molecule has 9 heteroatoms. The number of carbonyl (C=O) groups excluding carboxylic acids is 3. The Morgan fingerprint density at radius 1 is 0.369 bits per heavy atom. The van der Waals surface area contributed by atoms with Gasteiger partial charge in [-0.05, 0) is 77.0 Å². The number of likely N-dealkylation sites (N-methyl/N-ethyl adjacent to an activating group) is 1. The lowest BCUT2D eigenvalue weighted by Crippen LogP contribution is -2.44. The summed E-state index contributed by atoms with van der Waals surface area (Å²) in [5, 5.41) is 11.8. The van der Waals surface area contributed by atoms with Crippen LogP contribution in [0.2, 0.25) is 0 Å². The van der Waals surface area contributed by atoms with Crippen molar-refractivity contribution in [3.63, 3.8) is 0 Å². The number of ether oxygens (including phenoxy) is 4. The van der Waals surface area contributed by atoms with Crippen molar-refractivity contribution in [3.05, 3.63) is 97.2 Å². The first-order valence-electron chi connectivity index (χ1n) is 34.9. The van der Waals surface area contributed by atoms with E-state index in [0.717, 1.165) is 96.3 Å².